The van der Waals surface area contributed by atoms with E-state index in [0.717, 1.165) is 22.3 Å². The molecule has 1 amide bonds. The maximum absolute atomic E-state index is 10.9. The molecule has 3 aromatic rings. The minimum absolute atomic E-state index is 0.0913. The van der Waals surface area contributed by atoms with Gasteiger partial charge in [0.15, 0.2) is 10.9 Å². The van der Waals surface area contributed by atoms with Crippen LogP contribution in [0.3, 0.4) is 0 Å². The Kier molecular flexibility index (Phi) is 4.81. The fraction of sp³-hybridized carbons (Fsp3) is 0.176. The maximum atomic E-state index is 10.9. The van der Waals surface area contributed by atoms with Crippen molar-refractivity contribution >= 4 is 28.1 Å². The summed E-state index contributed by atoms with van der Waals surface area (Å²) in [6.45, 7) is 1.84. The minimum atomic E-state index is -0.0913. The van der Waals surface area contributed by atoms with Crippen LogP contribution in [0.2, 0.25) is 0 Å². The molecule has 124 valence electrons. The Balaban J connectivity index is 1.70. The van der Waals surface area contributed by atoms with Gasteiger partial charge in [-0.05, 0) is 24.3 Å². The van der Waals surface area contributed by atoms with Gasteiger partial charge in [0.05, 0.1) is 13.7 Å². The molecule has 3 rings (SSSR count). The van der Waals surface area contributed by atoms with Crippen LogP contribution in [0.1, 0.15) is 12.7 Å². The number of ether oxygens (including phenoxy) is 1. The molecular formula is C17H17N3O3S. The van der Waals surface area contributed by atoms with Gasteiger partial charge in [0, 0.05) is 24.1 Å². The van der Waals surface area contributed by atoms with Gasteiger partial charge in [-0.3, -0.25) is 4.79 Å². The van der Waals surface area contributed by atoms with Crippen molar-refractivity contribution in [2.75, 3.05) is 12.4 Å². The normalized spacial score (nSPS) is 10.4. The van der Waals surface area contributed by atoms with E-state index < -0.39 is 0 Å². The number of carbonyl (C=O) groups excluding carboxylic acids is 1. The van der Waals surface area contributed by atoms with Crippen LogP contribution >= 0.6 is 11.3 Å². The zero-order chi connectivity index (χ0) is 16.9. The number of rotatable bonds is 6. The second-order valence-electron chi connectivity index (χ2n) is 5.07. The molecule has 24 heavy (non-hydrogen) atoms. The molecule has 0 radical (unpaired) electrons. The highest BCUT2D eigenvalue weighted by Crippen LogP contribution is 2.29. The number of hydrogen-bond acceptors (Lipinski definition) is 6. The Hall–Kier alpha value is -2.80. The molecule has 2 heterocycles. The molecule has 6 nitrogen and oxygen atoms in total. The molecule has 0 unspecified atom stereocenters. The van der Waals surface area contributed by atoms with Crippen LogP contribution < -0.4 is 15.4 Å². The minimum Gasteiger partial charge on any atom is -0.497 e. The molecule has 2 aromatic heterocycles. The van der Waals surface area contributed by atoms with Gasteiger partial charge < -0.3 is 19.8 Å². The van der Waals surface area contributed by atoms with Crippen molar-refractivity contribution in [1.82, 2.24) is 10.3 Å². The average molecular weight is 343 g/mol. The Bertz CT molecular complexity index is 841. The monoisotopic (exact) mass is 343 g/mol. The van der Waals surface area contributed by atoms with Gasteiger partial charge in [-0.15, -0.1) is 11.3 Å². The smallest absolute Gasteiger partial charge is 0.217 e. The molecule has 0 bridgehead atoms. The highest BCUT2D eigenvalue weighted by atomic mass is 32.1. The van der Waals surface area contributed by atoms with Gasteiger partial charge in [-0.2, -0.15) is 0 Å². The van der Waals surface area contributed by atoms with Crippen molar-refractivity contribution in [2.24, 2.45) is 0 Å². The topological polar surface area (TPSA) is 76.4 Å². The molecule has 2 N–H and O–H groups in total. The zero-order valence-electron chi connectivity index (χ0n) is 13.3. The first-order valence-corrected chi connectivity index (χ1v) is 8.22. The third-order valence-corrected chi connectivity index (χ3v) is 4.01. The SMILES string of the molecule is COc1cccc(Nc2nc(-c3ccc(CNC(C)=O)o3)cs2)c1. The van der Waals surface area contributed by atoms with Crippen molar-refractivity contribution in [3.63, 3.8) is 0 Å². The van der Waals surface area contributed by atoms with Crippen LogP contribution in [-0.2, 0) is 11.3 Å². The molecule has 0 atom stereocenters. The Morgan fingerprint density at radius 3 is 3.00 bits per heavy atom. The first kappa shape index (κ1) is 16.1. The first-order chi connectivity index (χ1) is 11.6. The van der Waals surface area contributed by atoms with Crippen molar-refractivity contribution in [2.45, 2.75) is 13.5 Å². The van der Waals surface area contributed by atoms with E-state index in [2.05, 4.69) is 15.6 Å². The Labute approximate surface area is 143 Å². The predicted octanol–water partition coefficient (Wildman–Crippen LogP) is 3.79. The average Bonchev–Trinajstić information content (AvgIpc) is 3.22. The van der Waals surface area contributed by atoms with E-state index in [0.29, 0.717) is 18.1 Å². The van der Waals surface area contributed by atoms with Crippen LogP contribution in [-0.4, -0.2) is 18.0 Å². The summed E-state index contributed by atoms with van der Waals surface area (Å²) in [6.07, 6.45) is 0. The van der Waals surface area contributed by atoms with Gasteiger partial charge in [-0.25, -0.2) is 4.98 Å². The zero-order valence-corrected chi connectivity index (χ0v) is 14.1. The van der Waals surface area contributed by atoms with E-state index in [-0.39, 0.29) is 5.91 Å². The number of methoxy groups -OCH3 is 1. The Morgan fingerprint density at radius 1 is 1.33 bits per heavy atom. The lowest BCUT2D eigenvalue weighted by molar-refractivity contribution is -0.119. The summed E-state index contributed by atoms with van der Waals surface area (Å²) in [5.74, 6) is 2.05. The fourth-order valence-corrected chi connectivity index (χ4v) is 2.81. The molecule has 0 fully saturated rings. The summed E-state index contributed by atoms with van der Waals surface area (Å²) < 4.78 is 10.9. The third kappa shape index (κ3) is 3.94. The van der Waals surface area contributed by atoms with Gasteiger partial charge in [0.2, 0.25) is 5.91 Å². The Morgan fingerprint density at radius 2 is 2.21 bits per heavy atom. The number of aromatic nitrogens is 1. The lowest BCUT2D eigenvalue weighted by Crippen LogP contribution is -2.18. The van der Waals surface area contributed by atoms with Crippen molar-refractivity contribution in [3.8, 4) is 17.2 Å². The van der Waals surface area contributed by atoms with E-state index in [9.17, 15) is 4.79 Å². The van der Waals surface area contributed by atoms with Crippen LogP contribution in [0.15, 0.2) is 46.2 Å². The second kappa shape index (κ2) is 7.18. The number of amides is 1. The molecule has 1 aromatic carbocycles. The molecule has 0 saturated heterocycles. The molecular weight excluding hydrogens is 326 g/mol. The molecule has 0 aliphatic carbocycles. The highest BCUT2D eigenvalue weighted by Gasteiger charge is 2.10. The van der Waals surface area contributed by atoms with E-state index in [1.807, 2.05) is 41.8 Å². The number of nitrogens with one attached hydrogen (secondary N) is 2. The predicted molar refractivity (Wildman–Crippen MR) is 93.6 cm³/mol. The summed E-state index contributed by atoms with van der Waals surface area (Å²) in [5, 5.41) is 8.63. The maximum Gasteiger partial charge on any atom is 0.217 e. The highest BCUT2D eigenvalue weighted by molar-refractivity contribution is 7.14. The first-order valence-electron chi connectivity index (χ1n) is 7.34. The number of furan rings is 1. The summed E-state index contributed by atoms with van der Waals surface area (Å²) >= 11 is 1.49. The molecule has 7 heteroatoms. The van der Waals surface area contributed by atoms with Gasteiger partial charge in [-0.1, -0.05) is 6.07 Å². The summed E-state index contributed by atoms with van der Waals surface area (Å²) in [5.41, 5.74) is 1.65. The quantitative estimate of drug-likeness (QED) is 0.712. The summed E-state index contributed by atoms with van der Waals surface area (Å²) in [6, 6.07) is 11.3. The number of nitrogens with zero attached hydrogens (tertiary/aromatic N) is 1. The second-order valence-corrected chi connectivity index (χ2v) is 5.93. The standard InChI is InChI=1S/C17H17N3O3S/c1-11(21)18-9-14-6-7-16(23-14)15-10-24-17(20-15)19-12-4-3-5-13(8-12)22-2/h3-8,10H,9H2,1-2H3,(H,18,21)(H,19,20). The number of hydrogen-bond donors (Lipinski definition) is 2. The van der Waals surface area contributed by atoms with Crippen molar-refractivity contribution in [3.05, 3.63) is 47.5 Å². The molecule has 0 aliphatic heterocycles. The van der Waals surface area contributed by atoms with E-state index in [4.69, 9.17) is 9.15 Å². The molecule has 0 aliphatic rings. The van der Waals surface area contributed by atoms with Crippen LogP contribution in [0.5, 0.6) is 5.75 Å². The van der Waals surface area contributed by atoms with E-state index in [1.165, 1.54) is 18.3 Å². The fourth-order valence-electron chi connectivity index (χ4n) is 2.09. The largest absolute Gasteiger partial charge is 0.497 e. The van der Waals surface area contributed by atoms with Crippen LogP contribution in [0, 0.1) is 0 Å². The van der Waals surface area contributed by atoms with Crippen molar-refractivity contribution < 1.29 is 13.9 Å². The number of benzene rings is 1. The van der Waals surface area contributed by atoms with E-state index >= 15 is 0 Å². The number of anilines is 2. The van der Waals surface area contributed by atoms with Gasteiger partial charge in [0.25, 0.3) is 0 Å². The van der Waals surface area contributed by atoms with Crippen LogP contribution in [0.4, 0.5) is 10.8 Å². The summed E-state index contributed by atoms with van der Waals surface area (Å²) in [4.78, 5) is 15.5. The van der Waals surface area contributed by atoms with Gasteiger partial charge >= 0.3 is 0 Å². The number of carbonyl (C=O) groups is 1. The summed E-state index contributed by atoms with van der Waals surface area (Å²) in [7, 11) is 1.63. The van der Waals surface area contributed by atoms with Gasteiger partial charge in [0.1, 0.15) is 17.2 Å². The lowest BCUT2D eigenvalue weighted by Gasteiger charge is -2.04. The lowest BCUT2D eigenvalue weighted by atomic mass is 10.3. The number of thiazole rings is 1. The molecule has 0 saturated carbocycles. The van der Waals surface area contributed by atoms with Crippen molar-refractivity contribution in [1.29, 1.82) is 0 Å². The van der Waals surface area contributed by atoms with E-state index in [1.54, 1.807) is 7.11 Å². The molecule has 0 spiro atoms. The third-order valence-electron chi connectivity index (χ3n) is 3.25. The van der Waals surface area contributed by atoms with Crippen LogP contribution in [0.25, 0.3) is 11.5 Å².